The van der Waals surface area contributed by atoms with Crippen LogP contribution < -0.4 is 0 Å². The van der Waals surface area contributed by atoms with Crippen LogP contribution in [-0.2, 0) is 0 Å². The zero-order valence-corrected chi connectivity index (χ0v) is 28.3. The number of rotatable bonds is 0. The van der Waals surface area contributed by atoms with Crippen molar-refractivity contribution in [3.63, 3.8) is 0 Å². The molecule has 8 saturated carbocycles. The van der Waals surface area contributed by atoms with Crippen molar-refractivity contribution in [2.45, 2.75) is 167 Å². The molecule has 8 fully saturated rings. The van der Waals surface area contributed by atoms with Crippen LogP contribution in [0.1, 0.15) is 143 Å². The summed E-state index contributed by atoms with van der Waals surface area (Å²) in [4.78, 5) is 0. The first-order valence-electron chi connectivity index (χ1n) is 19.1. The fourth-order valence-corrected chi connectivity index (χ4v) is 14.9. The molecule has 8 rings (SSSR count). The Morgan fingerprint density at radius 2 is 0.818 bits per heavy atom. The molecule has 0 aromatic carbocycles. The van der Waals surface area contributed by atoms with Crippen LogP contribution in [0.5, 0.6) is 0 Å². The van der Waals surface area contributed by atoms with Crippen molar-refractivity contribution in [2.24, 2.45) is 69.0 Å². The van der Waals surface area contributed by atoms with Crippen LogP contribution in [0.25, 0.3) is 0 Å². The van der Waals surface area contributed by atoms with E-state index in [0.29, 0.717) is 35.5 Å². The molecule has 16 atom stereocenters. The van der Waals surface area contributed by atoms with Gasteiger partial charge >= 0.3 is 0 Å². The fourth-order valence-electron chi connectivity index (χ4n) is 14.9. The van der Waals surface area contributed by atoms with Crippen molar-refractivity contribution in [1.82, 2.24) is 0 Å². The highest BCUT2D eigenvalue weighted by Gasteiger charge is 2.63. The Morgan fingerprint density at radius 3 is 1.23 bits per heavy atom. The maximum atomic E-state index is 11.9. The quantitative estimate of drug-likeness (QED) is 0.219. The van der Waals surface area contributed by atoms with Crippen LogP contribution >= 0.6 is 0 Å². The minimum Gasteiger partial charge on any atom is -0.393 e. The molecule has 4 N–H and O–H groups in total. The third kappa shape index (κ3) is 4.23. The van der Waals surface area contributed by atoms with Crippen molar-refractivity contribution < 1.29 is 20.4 Å². The lowest BCUT2D eigenvalue weighted by molar-refractivity contribution is -0.145. The molecular weight excluding hydrogens is 544 g/mol. The molecule has 0 amide bonds. The van der Waals surface area contributed by atoms with Gasteiger partial charge in [0, 0.05) is 0 Å². The zero-order chi connectivity index (χ0) is 30.9. The average Bonchev–Trinajstić information content (AvgIpc) is 3.47. The first kappa shape index (κ1) is 30.7. The summed E-state index contributed by atoms with van der Waals surface area (Å²) >= 11 is 0. The highest BCUT2D eigenvalue weighted by molar-refractivity contribution is 5.26. The fraction of sp³-hybridized carbons (Fsp3) is 0.950. The van der Waals surface area contributed by atoms with Crippen molar-refractivity contribution in [2.75, 3.05) is 0 Å². The highest BCUT2D eigenvalue weighted by atomic mass is 16.3. The van der Waals surface area contributed by atoms with Gasteiger partial charge in [0.25, 0.3) is 0 Å². The predicted molar refractivity (Wildman–Crippen MR) is 173 cm³/mol. The lowest BCUT2D eigenvalue weighted by Crippen LogP contribution is -2.56. The SMILES string of the molecule is C[C@]12CC[C@@](O)(C#C[C@]3(O)CC[C@@]4(C)[C@@H](CC[C@H]5[C@H]4CC[C@@]4(C)[C@@H]5CC[C@@H]4O)C3)C[C@@H]1CC[C@H]1[C@H]2CC[C@@]2(C)[C@@H]1CC[C@@H]2O. The van der Waals surface area contributed by atoms with Gasteiger partial charge in [0.15, 0.2) is 0 Å². The maximum absolute atomic E-state index is 11.9. The number of hydrogen-bond acceptors (Lipinski definition) is 4. The van der Waals surface area contributed by atoms with Gasteiger partial charge in [0.1, 0.15) is 11.2 Å². The van der Waals surface area contributed by atoms with Gasteiger partial charge in [0.2, 0.25) is 0 Å². The molecule has 8 aliphatic carbocycles. The molecule has 44 heavy (non-hydrogen) atoms. The van der Waals surface area contributed by atoms with Crippen LogP contribution in [0.15, 0.2) is 0 Å². The second kappa shape index (κ2) is 9.96. The smallest absolute Gasteiger partial charge is 0.125 e. The van der Waals surface area contributed by atoms with Gasteiger partial charge in [-0.05, 0) is 185 Å². The molecule has 0 bridgehead atoms. The average molecular weight is 607 g/mol. The number of aliphatic hydroxyl groups is 4. The number of fused-ring (bicyclic) bond motifs is 10. The maximum Gasteiger partial charge on any atom is 0.125 e. The van der Waals surface area contributed by atoms with Crippen LogP contribution in [0.2, 0.25) is 0 Å². The van der Waals surface area contributed by atoms with Crippen LogP contribution in [0.3, 0.4) is 0 Å². The van der Waals surface area contributed by atoms with E-state index < -0.39 is 11.2 Å². The second-order valence-corrected chi connectivity index (χ2v) is 19.3. The molecule has 0 radical (unpaired) electrons. The summed E-state index contributed by atoms with van der Waals surface area (Å²) in [6.07, 6.45) is 18.8. The molecule has 0 unspecified atom stereocenters. The Kier molecular flexibility index (Phi) is 6.96. The van der Waals surface area contributed by atoms with E-state index in [9.17, 15) is 20.4 Å². The molecule has 8 aliphatic rings. The molecule has 0 aromatic heterocycles. The van der Waals surface area contributed by atoms with Gasteiger partial charge in [0.05, 0.1) is 12.2 Å². The molecule has 4 nitrogen and oxygen atoms in total. The second-order valence-electron chi connectivity index (χ2n) is 19.3. The largest absolute Gasteiger partial charge is 0.393 e. The van der Waals surface area contributed by atoms with Gasteiger partial charge in [-0.3, -0.25) is 0 Å². The first-order chi connectivity index (χ1) is 20.7. The molecule has 0 saturated heterocycles. The first-order valence-corrected chi connectivity index (χ1v) is 19.1. The number of hydrogen-bond donors (Lipinski definition) is 4. The summed E-state index contributed by atoms with van der Waals surface area (Å²) in [7, 11) is 0. The summed E-state index contributed by atoms with van der Waals surface area (Å²) in [5.74, 6) is 12.0. The van der Waals surface area contributed by atoms with Gasteiger partial charge in [-0.15, -0.1) is 0 Å². The lowest BCUT2D eigenvalue weighted by atomic mass is 9.44. The highest BCUT2D eigenvalue weighted by Crippen LogP contribution is 2.68. The van der Waals surface area contributed by atoms with E-state index >= 15 is 0 Å². The van der Waals surface area contributed by atoms with Gasteiger partial charge in [-0.1, -0.05) is 39.5 Å². The molecule has 0 spiro atoms. The topological polar surface area (TPSA) is 80.9 Å². The van der Waals surface area contributed by atoms with E-state index in [0.717, 1.165) is 76.0 Å². The van der Waals surface area contributed by atoms with Crippen LogP contribution in [-0.4, -0.2) is 43.8 Å². The minimum atomic E-state index is -0.977. The molecule has 0 aliphatic heterocycles. The van der Waals surface area contributed by atoms with E-state index in [1.165, 1.54) is 51.4 Å². The summed E-state index contributed by atoms with van der Waals surface area (Å²) in [5, 5.41) is 45.5. The van der Waals surface area contributed by atoms with E-state index in [4.69, 9.17) is 0 Å². The van der Waals surface area contributed by atoms with Gasteiger partial charge < -0.3 is 20.4 Å². The van der Waals surface area contributed by atoms with E-state index in [1.54, 1.807) is 0 Å². The standard InChI is InChI=1S/C40H62O4/c1-35-17-19-39(43,23-25(35)5-7-27-29-9-11-33(41)37(29,3)15-13-31(27)35)21-22-40(44)20-18-36(2)26(24-40)6-8-28-30-10-12-34(42)38(30,4)16-14-32(28)36/h25-34,41-44H,5-20,23-24H2,1-4H3/t25-,26-,27+,28+,29+,30+,31+,32+,33-,34-,35-,36-,37-,38-,39+,40+/m0/s1. The summed E-state index contributed by atoms with van der Waals surface area (Å²) < 4.78 is 0. The molecule has 4 heteroatoms. The minimum absolute atomic E-state index is 0.118. The normalized spacial score (nSPS) is 61.3. The van der Waals surface area contributed by atoms with E-state index in [2.05, 4.69) is 39.5 Å². The third-order valence-electron chi connectivity index (χ3n) is 17.9. The van der Waals surface area contributed by atoms with Crippen molar-refractivity contribution in [1.29, 1.82) is 0 Å². The Morgan fingerprint density at radius 1 is 0.432 bits per heavy atom. The van der Waals surface area contributed by atoms with Crippen LogP contribution in [0.4, 0.5) is 0 Å². The molecule has 0 aromatic rings. The van der Waals surface area contributed by atoms with E-state index in [1.807, 2.05) is 0 Å². The third-order valence-corrected chi connectivity index (χ3v) is 17.9. The Bertz CT molecular complexity index is 1130. The number of aliphatic hydroxyl groups excluding tert-OH is 2. The summed E-state index contributed by atoms with van der Waals surface area (Å²) in [6.45, 7) is 9.79. The molecule has 0 heterocycles. The van der Waals surface area contributed by atoms with Crippen molar-refractivity contribution >= 4 is 0 Å². The predicted octanol–water partition coefficient (Wildman–Crippen LogP) is 7.26. The lowest BCUT2D eigenvalue weighted by Gasteiger charge is -2.61. The van der Waals surface area contributed by atoms with Crippen LogP contribution in [0, 0.1) is 80.8 Å². The zero-order valence-electron chi connectivity index (χ0n) is 28.3. The van der Waals surface area contributed by atoms with Gasteiger partial charge in [-0.25, -0.2) is 0 Å². The Hall–Kier alpha value is -0.600. The van der Waals surface area contributed by atoms with E-state index in [-0.39, 0.29) is 33.9 Å². The molecule has 246 valence electrons. The monoisotopic (exact) mass is 606 g/mol. The summed E-state index contributed by atoms with van der Waals surface area (Å²) in [5.41, 5.74) is -1.19. The van der Waals surface area contributed by atoms with Crippen molar-refractivity contribution in [3.05, 3.63) is 0 Å². The van der Waals surface area contributed by atoms with Crippen molar-refractivity contribution in [3.8, 4) is 11.8 Å². The Labute approximate surface area is 267 Å². The summed E-state index contributed by atoms with van der Waals surface area (Å²) in [6, 6.07) is 0. The van der Waals surface area contributed by atoms with Gasteiger partial charge in [-0.2, -0.15) is 0 Å². The Balaban J connectivity index is 0.951. The molecular formula is C40H62O4.